The molecule has 3 atom stereocenters. The molecule has 0 radical (unpaired) electrons. The molecular weight excluding hydrogens is 248 g/mol. The summed E-state index contributed by atoms with van der Waals surface area (Å²) in [5, 5.41) is 10.5. The normalized spacial score (nSPS) is 23.4. The summed E-state index contributed by atoms with van der Waals surface area (Å²) < 4.78 is 6.09. The van der Waals surface area contributed by atoms with E-state index in [0.29, 0.717) is 0 Å². The van der Waals surface area contributed by atoms with Crippen molar-refractivity contribution in [1.29, 1.82) is 0 Å². The number of benzene rings is 1. The minimum Gasteiger partial charge on any atom is -0.386 e. The van der Waals surface area contributed by atoms with Crippen LogP contribution in [0, 0.1) is 0 Å². The number of aliphatic hydroxyl groups is 1. The number of aryl methyl sites for hydroxylation is 1. The Morgan fingerprint density at radius 3 is 2.85 bits per heavy atom. The lowest BCUT2D eigenvalue weighted by Crippen LogP contribution is -2.31. The van der Waals surface area contributed by atoms with Crippen LogP contribution in [-0.4, -0.2) is 17.3 Å². The molecule has 0 aromatic heterocycles. The lowest BCUT2D eigenvalue weighted by Gasteiger charge is -2.32. The van der Waals surface area contributed by atoms with Gasteiger partial charge in [-0.1, -0.05) is 56.9 Å². The van der Waals surface area contributed by atoms with Crippen molar-refractivity contribution in [2.45, 2.75) is 77.1 Å². The van der Waals surface area contributed by atoms with Gasteiger partial charge < -0.3 is 9.84 Å². The average Bonchev–Trinajstić information content (AvgIpc) is 2.47. The fourth-order valence-corrected chi connectivity index (χ4v) is 3.07. The Kier molecular flexibility index (Phi) is 6.06. The van der Waals surface area contributed by atoms with Crippen LogP contribution in [0.5, 0.6) is 0 Å². The third kappa shape index (κ3) is 4.07. The Bertz CT molecular complexity index is 402. The van der Waals surface area contributed by atoms with E-state index in [9.17, 15) is 5.11 Å². The second kappa shape index (κ2) is 7.80. The van der Waals surface area contributed by atoms with Gasteiger partial charge in [0.15, 0.2) is 0 Å². The zero-order chi connectivity index (χ0) is 14.4. The second-order valence-electron chi connectivity index (χ2n) is 6.02. The molecule has 0 saturated heterocycles. The third-order valence-corrected chi connectivity index (χ3v) is 4.30. The summed E-state index contributed by atoms with van der Waals surface area (Å²) in [7, 11) is 0. The number of hydrogen-bond acceptors (Lipinski definition) is 2. The number of aliphatic hydroxyl groups excluding tert-OH is 1. The van der Waals surface area contributed by atoms with Crippen molar-refractivity contribution in [3.8, 4) is 0 Å². The molecule has 112 valence electrons. The molecule has 0 saturated carbocycles. The second-order valence-corrected chi connectivity index (χ2v) is 6.02. The molecule has 0 aliphatic heterocycles. The van der Waals surface area contributed by atoms with E-state index in [-0.39, 0.29) is 12.2 Å². The summed E-state index contributed by atoms with van der Waals surface area (Å²) >= 11 is 0. The highest BCUT2D eigenvalue weighted by molar-refractivity contribution is 5.32. The van der Waals surface area contributed by atoms with E-state index < -0.39 is 6.10 Å². The number of hydrogen-bond donors (Lipinski definition) is 1. The number of fused-ring (bicyclic) bond motifs is 1. The summed E-state index contributed by atoms with van der Waals surface area (Å²) in [5.74, 6) is 0. The lowest BCUT2D eigenvalue weighted by atomic mass is 9.87. The molecule has 1 aromatic rings. The standard InChI is InChI=1S/C18H28O2/c1-3-4-5-6-9-14(2)20-17-13-12-15-10-7-8-11-16(15)18(17)19/h7-8,10-11,14,17-19H,3-6,9,12-13H2,1-2H3. The maximum atomic E-state index is 10.5. The molecule has 0 fully saturated rings. The molecule has 0 amide bonds. The minimum atomic E-state index is -0.460. The number of rotatable bonds is 7. The molecule has 2 heteroatoms. The van der Waals surface area contributed by atoms with Gasteiger partial charge >= 0.3 is 0 Å². The zero-order valence-corrected chi connectivity index (χ0v) is 12.8. The van der Waals surface area contributed by atoms with Crippen LogP contribution in [0.1, 0.15) is 69.6 Å². The van der Waals surface area contributed by atoms with Crippen LogP contribution in [0.2, 0.25) is 0 Å². The van der Waals surface area contributed by atoms with Crippen LogP contribution >= 0.6 is 0 Å². The van der Waals surface area contributed by atoms with E-state index in [4.69, 9.17) is 4.74 Å². The first kappa shape index (κ1) is 15.5. The van der Waals surface area contributed by atoms with E-state index in [0.717, 1.165) is 24.8 Å². The van der Waals surface area contributed by atoms with Gasteiger partial charge in [-0.3, -0.25) is 0 Å². The summed E-state index contributed by atoms with van der Waals surface area (Å²) in [6.07, 6.45) is 7.90. The van der Waals surface area contributed by atoms with Gasteiger partial charge in [-0.15, -0.1) is 0 Å². The Morgan fingerprint density at radius 1 is 1.25 bits per heavy atom. The van der Waals surface area contributed by atoms with Gasteiger partial charge in [0, 0.05) is 0 Å². The highest BCUT2D eigenvalue weighted by atomic mass is 16.5. The Labute approximate surface area is 123 Å². The highest BCUT2D eigenvalue weighted by Gasteiger charge is 2.29. The van der Waals surface area contributed by atoms with Crippen molar-refractivity contribution in [2.75, 3.05) is 0 Å². The first-order valence-electron chi connectivity index (χ1n) is 8.13. The highest BCUT2D eigenvalue weighted by Crippen LogP contribution is 2.32. The molecule has 1 aliphatic carbocycles. The van der Waals surface area contributed by atoms with Crippen molar-refractivity contribution in [1.82, 2.24) is 0 Å². The molecule has 1 aliphatic rings. The molecule has 1 N–H and O–H groups in total. The van der Waals surface area contributed by atoms with E-state index >= 15 is 0 Å². The van der Waals surface area contributed by atoms with Crippen LogP contribution < -0.4 is 0 Å². The van der Waals surface area contributed by atoms with Gasteiger partial charge in [0.2, 0.25) is 0 Å². The molecule has 20 heavy (non-hydrogen) atoms. The van der Waals surface area contributed by atoms with Crippen molar-refractivity contribution >= 4 is 0 Å². The first-order chi connectivity index (χ1) is 9.72. The first-order valence-corrected chi connectivity index (χ1v) is 8.13. The average molecular weight is 276 g/mol. The molecule has 3 unspecified atom stereocenters. The summed E-state index contributed by atoms with van der Waals surface area (Å²) in [6.45, 7) is 4.37. The third-order valence-electron chi connectivity index (χ3n) is 4.30. The van der Waals surface area contributed by atoms with Crippen molar-refractivity contribution in [3.63, 3.8) is 0 Å². The van der Waals surface area contributed by atoms with Gasteiger partial charge in [0.05, 0.1) is 12.2 Å². The zero-order valence-electron chi connectivity index (χ0n) is 12.8. The number of ether oxygens (including phenoxy) is 1. The SMILES string of the molecule is CCCCCCC(C)OC1CCc2ccccc2C1O. The fraction of sp³-hybridized carbons (Fsp3) is 0.667. The Hall–Kier alpha value is -0.860. The van der Waals surface area contributed by atoms with Crippen molar-refractivity contribution in [2.24, 2.45) is 0 Å². The van der Waals surface area contributed by atoms with Crippen LogP contribution in [0.4, 0.5) is 0 Å². The smallest absolute Gasteiger partial charge is 0.105 e. The minimum absolute atomic E-state index is 0.0360. The fourth-order valence-electron chi connectivity index (χ4n) is 3.07. The quantitative estimate of drug-likeness (QED) is 0.747. The van der Waals surface area contributed by atoms with E-state index in [1.807, 2.05) is 18.2 Å². The Balaban J connectivity index is 1.82. The molecule has 0 spiro atoms. The van der Waals surface area contributed by atoms with Gasteiger partial charge in [-0.25, -0.2) is 0 Å². The van der Waals surface area contributed by atoms with Crippen LogP contribution in [0.3, 0.4) is 0 Å². The van der Waals surface area contributed by atoms with E-state index in [2.05, 4.69) is 19.9 Å². The van der Waals surface area contributed by atoms with Crippen LogP contribution in [-0.2, 0) is 11.2 Å². The van der Waals surface area contributed by atoms with Crippen LogP contribution in [0.15, 0.2) is 24.3 Å². The largest absolute Gasteiger partial charge is 0.386 e. The van der Waals surface area contributed by atoms with Crippen molar-refractivity contribution < 1.29 is 9.84 Å². The Morgan fingerprint density at radius 2 is 2.05 bits per heavy atom. The van der Waals surface area contributed by atoms with Crippen LogP contribution in [0.25, 0.3) is 0 Å². The molecule has 2 rings (SSSR count). The summed E-state index contributed by atoms with van der Waals surface area (Å²) in [5.41, 5.74) is 2.33. The summed E-state index contributed by atoms with van der Waals surface area (Å²) in [6, 6.07) is 8.19. The topological polar surface area (TPSA) is 29.5 Å². The maximum Gasteiger partial charge on any atom is 0.105 e. The maximum absolute atomic E-state index is 10.5. The van der Waals surface area contributed by atoms with Gasteiger partial charge in [0.1, 0.15) is 6.10 Å². The van der Waals surface area contributed by atoms with Gasteiger partial charge in [0.25, 0.3) is 0 Å². The number of unbranched alkanes of at least 4 members (excludes halogenated alkanes) is 3. The van der Waals surface area contributed by atoms with Gasteiger partial charge in [-0.2, -0.15) is 0 Å². The lowest BCUT2D eigenvalue weighted by molar-refractivity contribution is -0.0829. The summed E-state index contributed by atoms with van der Waals surface area (Å²) in [4.78, 5) is 0. The molecule has 0 heterocycles. The van der Waals surface area contributed by atoms with E-state index in [1.165, 1.54) is 31.2 Å². The molecule has 2 nitrogen and oxygen atoms in total. The molecule has 1 aromatic carbocycles. The monoisotopic (exact) mass is 276 g/mol. The predicted molar refractivity (Wildman–Crippen MR) is 82.8 cm³/mol. The predicted octanol–water partition coefficient (Wildman–Crippen LogP) is 4.41. The van der Waals surface area contributed by atoms with Gasteiger partial charge in [-0.05, 0) is 37.3 Å². The van der Waals surface area contributed by atoms with Crippen molar-refractivity contribution in [3.05, 3.63) is 35.4 Å². The molecular formula is C18H28O2. The van der Waals surface area contributed by atoms with E-state index in [1.54, 1.807) is 0 Å². The molecule has 0 bridgehead atoms.